The van der Waals surface area contributed by atoms with Crippen molar-refractivity contribution in [3.05, 3.63) is 50.2 Å². The van der Waals surface area contributed by atoms with E-state index >= 15 is 0 Å². The Bertz CT molecular complexity index is 715. The number of guanidine groups is 1. The molecule has 0 aliphatic heterocycles. The van der Waals surface area contributed by atoms with Gasteiger partial charge in [0.1, 0.15) is 5.82 Å². The van der Waals surface area contributed by atoms with Crippen LogP contribution in [-0.4, -0.2) is 24.0 Å². The van der Waals surface area contributed by atoms with Gasteiger partial charge in [-0.25, -0.2) is 14.4 Å². The van der Waals surface area contributed by atoms with Crippen molar-refractivity contribution in [2.24, 2.45) is 4.99 Å². The van der Waals surface area contributed by atoms with Crippen LogP contribution in [0.4, 0.5) is 4.39 Å². The van der Waals surface area contributed by atoms with Crippen LogP contribution in [-0.2, 0) is 13.0 Å². The van der Waals surface area contributed by atoms with Gasteiger partial charge in [-0.3, -0.25) is 0 Å². The van der Waals surface area contributed by atoms with E-state index in [1.165, 1.54) is 17.0 Å². The molecule has 2 rings (SSSR count). The summed E-state index contributed by atoms with van der Waals surface area (Å²) >= 11 is 7.72. The Labute approximate surface area is 151 Å². The Balaban J connectivity index is 1.93. The maximum absolute atomic E-state index is 13.1. The van der Waals surface area contributed by atoms with Gasteiger partial charge < -0.3 is 10.6 Å². The fourth-order valence-electron chi connectivity index (χ4n) is 2.25. The molecule has 2 aromatic rings. The van der Waals surface area contributed by atoms with Gasteiger partial charge in [0, 0.05) is 23.0 Å². The molecular formula is C17H22ClFN4S. The zero-order chi connectivity index (χ0) is 17.5. The molecule has 0 unspecified atom stereocenters. The minimum absolute atomic E-state index is 0.318. The van der Waals surface area contributed by atoms with E-state index in [-0.39, 0.29) is 5.82 Å². The molecule has 1 aromatic carbocycles. The molecule has 0 radical (unpaired) electrons. The first-order valence-electron chi connectivity index (χ1n) is 7.88. The number of benzene rings is 1. The first-order valence-corrected chi connectivity index (χ1v) is 9.08. The topological polar surface area (TPSA) is 49.3 Å². The molecule has 0 bridgehead atoms. The van der Waals surface area contributed by atoms with E-state index < -0.39 is 0 Å². The van der Waals surface area contributed by atoms with E-state index in [4.69, 9.17) is 11.6 Å². The predicted octanol–water partition coefficient (Wildman–Crippen LogP) is 3.85. The van der Waals surface area contributed by atoms with Crippen LogP contribution in [0.3, 0.4) is 0 Å². The molecule has 0 saturated heterocycles. The van der Waals surface area contributed by atoms with E-state index in [2.05, 4.69) is 20.6 Å². The SMILES string of the molecule is CCNC(=NCc1sc(C)nc1C)NCCc1ccc(F)cc1Cl. The van der Waals surface area contributed by atoms with Crippen LogP contribution in [0.2, 0.25) is 5.02 Å². The highest BCUT2D eigenvalue weighted by Crippen LogP contribution is 2.18. The lowest BCUT2D eigenvalue weighted by molar-refractivity contribution is 0.627. The van der Waals surface area contributed by atoms with Gasteiger partial charge in [-0.15, -0.1) is 11.3 Å². The van der Waals surface area contributed by atoms with Gasteiger partial charge in [-0.05, 0) is 44.9 Å². The number of thiazole rings is 1. The third kappa shape index (κ3) is 5.46. The lowest BCUT2D eigenvalue weighted by atomic mass is 10.1. The summed E-state index contributed by atoms with van der Waals surface area (Å²) in [5.74, 6) is 0.433. The Morgan fingerprint density at radius 1 is 1.33 bits per heavy atom. The van der Waals surface area contributed by atoms with Gasteiger partial charge >= 0.3 is 0 Å². The largest absolute Gasteiger partial charge is 0.357 e. The third-order valence-corrected chi connectivity index (χ3v) is 4.84. The summed E-state index contributed by atoms with van der Waals surface area (Å²) in [5, 5.41) is 8.01. The Morgan fingerprint density at radius 3 is 2.75 bits per heavy atom. The number of rotatable bonds is 6. The first-order chi connectivity index (χ1) is 11.5. The molecule has 0 spiro atoms. The van der Waals surface area contributed by atoms with Crippen molar-refractivity contribution < 1.29 is 4.39 Å². The van der Waals surface area contributed by atoms with Crippen molar-refractivity contribution in [3.8, 4) is 0 Å². The molecule has 0 fully saturated rings. The highest BCUT2D eigenvalue weighted by atomic mass is 35.5. The Kier molecular flexibility index (Phi) is 6.99. The molecule has 1 aromatic heterocycles. The normalized spacial score (nSPS) is 11.6. The summed E-state index contributed by atoms with van der Waals surface area (Å²) < 4.78 is 13.1. The molecule has 0 atom stereocenters. The zero-order valence-corrected chi connectivity index (χ0v) is 15.7. The highest BCUT2D eigenvalue weighted by Gasteiger charge is 2.06. The van der Waals surface area contributed by atoms with Gasteiger partial charge in [0.05, 0.1) is 17.2 Å². The molecule has 4 nitrogen and oxygen atoms in total. The van der Waals surface area contributed by atoms with Crippen molar-refractivity contribution in [1.29, 1.82) is 0 Å². The van der Waals surface area contributed by atoms with Crippen LogP contribution in [0.25, 0.3) is 0 Å². The van der Waals surface area contributed by atoms with Crippen LogP contribution in [0.5, 0.6) is 0 Å². The summed E-state index contributed by atoms with van der Waals surface area (Å²) in [6, 6.07) is 4.48. The van der Waals surface area contributed by atoms with Crippen LogP contribution < -0.4 is 10.6 Å². The second kappa shape index (κ2) is 8.99. The number of nitrogens with one attached hydrogen (secondary N) is 2. The number of aromatic nitrogens is 1. The van der Waals surface area contributed by atoms with Crippen molar-refractivity contribution in [1.82, 2.24) is 15.6 Å². The molecule has 130 valence electrons. The average Bonchev–Trinajstić information content (AvgIpc) is 2.84. The molecule has 2 N–H and O–H groups in total. The molecule has 0 amide bonds. The highest BCUT2D eigenvalue weighted by molar-refractivity contribution is 7.11. The monoisotopic (exact) mass is 368 g/mol. The molecule has 24 heavy (non-hydrogen) atoms. The van der Waals surface area contributed by atoms with E-state index in [0.717, 1.165) is 28.8 Å². The lowest BCUT2D eigenvalue weighted by Gasteiger charge is -2.11. The van der Waals surface area contributed by atoms with Gasteiger partial charge in [-0.2, -0.15) is 0 Å². The summed E-state index contributed by atoms with van der Waals surface area (Å²) in [4.78, 5) is 10.2. The number of aryl methyl sites for hydroxylation is 2. The van der Waals surface area contributed by atoms with E-state index in [9.17, 15) is 4.39 Å². The van der Waals surface area contributed by atoms with Gasteiger partial charge in [-0.1, -0.05) is 17.7 Å². The summed E-state index contributed by atoms with van der Waals surface area (Å²) in [7, 11) is 0. The summed E-state index contributed by atoms with van der Waals surface area (Å²) in [5.41, 5.74) is 1.95. The Morgan fingerprint density at radius 2 is 2.12 bits per heavy atom. The quantitative estimate of drug-likeness (QED) is 0.601. The minimum atomic E-state index is -0.318. The number of nitrogens with zero attached hydrogens (tertiary/aromatic N) is 2. The smallest absolute Gasteiger partial charge is 0.191 e. The zero-order valence-electron chi connectivity index (χ0n) is 14.1. The molecular weight excluding hydrogens is 347 g/mol. The molecule has 0 aliphatic rings. The Hall–Kier alpha value is -1.66. The van der Waals surface area contributed by atoms with E-state index in [1.54, 1.807) is 17.4 Å². The third-order valence-electron chi connectivity index (χ3n) is 3.43. The molecule has 7 heteroatoms. The van der Waals surface area contributed by atoms with Crippen LogP contribution in [0, 0.1) is 19.7 Å². The molecule has 0 aliphatic carbocycles. The minimum Gasteiger partial charge on any atom is -0.357 e. The van der Waals surface area contributed by atoms with Crippen molar-refractivity contribution >= 4 is 28.9 Å². The van der Waals surface area contributed by atoms with Gasteiger partial charge in [0.15, 0.2) is 5.96 Å². The van der Waals surface area contributed by atoms with Gasteiger partial charge in [0.2, 0.25) is 0 Å². The maximum atomic E-state index is 13.1. The number of hydrogen-bond acceptors (Lipinski definition) is 3. The lowest BCUT2D eigenvalue weighted by Crippen LogP contribution is -2.38. The second-order valence-corrected chi connectivity index (χ2v) is 7.04. The van der Waals surface area contributed by atoms with Crippen molar-refractivity contribution in [3.63, 3.8) is 0 Å². The fourth-order valence-corrected chi connectivity index (χ4v) is 3.38. The predicted molar refractivity (Wildman–Crippen MR) is 99.5 cm³/mol. The van der Waals surface area contributed by atoms with Crippen LogP contribution in [0.1, 0.15) is 28.1 Å². The van der Waals surface area contributed by atoms with Crippen molar-refractivity contribution in [2.75, 3.05) is 13.1 Å². The standard InChI is InChI=1S/C17H22ClFN4S/c1-4-20-17(22-10-16-11(2)23-12(3)24-16)21-8-7-13-5-6-14(19)9-15(13)18/h5-6,9H,4,7-8,10H2,1-3H3,(H2,20,21,22). The summed E-state index contributed by atoms with van der Waals surface area (Å²) in [6.45, 7) is 8.08. The molecule has 1 heterocycles. The van der Waals surface area contributed by atoms with E-state index in [0.29, 0.717) is 24.5 Å². The van der Waals surface area contributed by atoms with Gasteiger partial charge in [0.25, 0.3) is 0 Å². The van der Waals surface area contributed by atoms with Crippen LogP contribution in [0.15, 0.2) is 23.2 Å². The maximum Gasteiger partial charge on any atom is 0.191 e. The first kappa shape index (κ1) is 18.7. The number of halogens is 2. The molecule has 0 saturated carbocycles. The fraction of sp³-hybridized carbons (Fsp3) is 0.412. The summed E-state index contributed by atoms with van der Waals surface area (Å²) in [6.07, 6.45) is 0.697. The van der Waals surface area contributed by atoms with Crippen LogP contribution >= 0.6 is 22.9 Å². The number of aliphatic imine (C=N–C) groups is 1. The van der Waals surface area contributed by atoms with Crippen molar-refractivity contribution in [2.45, 2.75) is 33.7 Å². The second-order valence-electron chi connectivity index (χ2n) is 5.35. The number of hydrogen-bond donors (Lipinski definition) is 2. The van der Waals surface area contributed by atoms with E-state index in [1.807, 2.05) is 20.8 Å². The average molecular weight is 369 g/mol.